The Bertz CT molecular complexity index is 425. The molecular formula is C19H34N2O3. The molecule has 0 radical (unpaired) electrons. The molecule has 1 saturated heterocycles. The topological polar surface area (TPSA) is 72.6 Å². The Hall–Kier alpha value is -1.10. The molecule has 0 aromatic rings. The molecule has 1 aliphatic carbocycles. The first-order valence-electron chi connectivity index (χ1n) is 9.80. The van der Waals surface area contributed by atoms with Crippen molar-refractivity contribution in [1.29, 1.82) is 0 Å². The lowest BCUT2D eigenvalue weighted by molar-refractivity contribution is -0.155. The van der Waals surface area contributed by atoms with Gasteiger partial charge in [-0.05, 0) is 38.5 Å². The van der Waals surface area contributed by atoms with Gasteiger partial charge in [-0.3, -0.25) is 4.79 Å². The number of amides is 1. The van der Waals surface area contributed by atoms with E-state index >= 15 is 0 Å². The summed E-state index contributed by atoms with van der Waals surface area (Å²) in [4.78, 5) is 26.7. The fraction of sp³-hybridized carbons (Fsp3) is 0.895. The Morgan fingerprint density at radius 1 is 1.17 bits per heavy atom. The fourth-order valence-corrected chi connectivity index (χ4v) is 4.20. The predicted molar refractivity (Wildman–Crippen MR) is 94.4 cm³/mol. The van der Waals surface area contributed by atoms with Crippen LogP contribution >= 0.6 is 0 Å². The second kappa shape index (κ2) is 9.40. The summed E-state index contributed by atoms with van der Waals surface area (Å²) in [6.45, 7) is 4.37. The maximum atomic E-state index is 12.5. The average Bonchev–Trinajstić information content (AvgIpc) is 3.13. The molecule has 1 saturated carbocycles. The third-order valence-electron chi connectivity index (χ3n) is 5.50. The Labute approximate surface area is 146 Å². The van der Waals surface area contributed by atoms with Gasteiger partial charge in [0.2, 0.25) is 5.91 Å². The number of rotatable bonds is 9. The minimum absolute atomic E-state index is 0.106. The number of likely N-dealkylation sites (tertiary alicyclic amines) is 1. The summed E-state index contributed by atoms with van der Waals surface area (Å²) in [7, 11) is 0. The van der Waals surface area contributed by atoms with E-state index in [0.29, 0.717) is 12.5 Å². The molecule has 24 heavy (non-hydrogen) atoms. The van der Waals surface area contributed by atoms with Crippen LogP contribution < -0.4 is 5.73 Å². The van der Waals surface area contributed by atoms with Crippen LogP contribution in [0.2, 0.25) is 0 Å². The van der Waals surface area contributed by atoms with Crippen LogP contribution in [0.25, 0.3) is 0 Å². The van der Waals surface area contributed by atoms with Gasteiger partial charge >= 0.3 is 5.97 Å². The van der Waals surface area contributed by atoms with Crippen molar-refractivity contribution in [3.05, 3.63) is 0 Å². The lowest BCUT2D eigenvalue weighted by Gasteiger charge is -2.30. The largest absolute Gasteiger partial charge is 0.464 e. The number of nitrogens with zero attached hydrogens (tertiary/aromatic N) is 1. The minimum atomic E-state index is -0.557. The number of nitrogens with two attached hydrogens (primary N) is 1. The maximum Gasteiger partial charge on any atom is 0.328 e. The van der Waals surface area contributed by atoms with E-state index in [1.807, 2.05) is 0 Å². The normalized spacial score (nSPS) is 27.1. The van der Waals surface area contributed by atoms with Crippen molar-refractivity contribution in [3.8, 4) is 0 Å². The zero-order valence-electron chi connectivity index (χ0n) is 15.3. The number of carbonyl (C=O) groups is 2. The van der Waals surface area contributed by atoms with Gasteiger partial charge in [-0.1, -0.05) is 45.4 Å². The predicted octanol–water partition coefficient (Wildman–Crippen LogP) is 3.01. The fourth-order valence-electron chi connectivity index (χ4n) is 4.20. The summed E-state index contributed by atoms with van der Waals surface area (Å²) in [5.41, 5.74) is 5.80. The molecule has 1 heterocycles. The third kappa shape index (κ3) is 4.71. The lowest BCUT2D eigenvalue weighted by atomic mass is 10.0. The van der Waals surface area contributed by atoms with Crippen LogP contribution in [0, 0.1) is 5.92 Å². The third-order valence-corrected chi connectivity index (χ3v) is 5.50. The van der Waals surface area contributed by atoms with Crippen molar-refractivity contribution >= 4 is 11.9 Å². The van der Waals surface area contributed by atoms with E-state index in [-0.39, 0.29) is 17.9 Å². The van der Waals surface area contributed by atoms with Gasteiger partial charge in [-0.2, -0.15) is 0 Å². The molecule has 2 rings (SSSR count). The van der Waals surface area contributed by atoms with E-state index in [4.69, 9.17) is 10.5 Å². The SMILES string of the molecule is CCCCCCCCOC(=O)C1CC2CCCC2N1C(=O)[C@H](C)N. The Kier molecular flexibility index (Phi) is 7.53. The highest BCUT2D eigenvalue weighted by Gasteiger charge is 2.49. The number of fused-ring (bicyclic) bond motifs is 1. The molecule has 0 spiro atoms. The van der Waals surface area contributed by atoms with Gasteiger partial charge in [0.25, 0.3) is 0 Å². The molecule has 5 nitrogen and oxygen atoms in total. The smallest absolute Gasteiger partial charge is 0.328 e. The Morgan fingerprint density at radius 3 is 2.58 bits per heavy atom. The highest BCUT2D eigenvalue weighted by molar-refractivity contribution is 5.88. The van der Waals surface area contributed by atoms with Gasteiger partial charge in [0.05, 0.1) is 12.6 Å². The number of esters is 1. The van der Waals surface area contributed by atoms with Crippen molar-refractivity contribution in [2.24, 2.45) is 11.7 Å². The molecule has 0 aromatic carbocycles. The van der Waals surface area contributed by atoms with E-state index < -0.39 is 12.1 Å². The van der Waals surface area contributed by atoms with Gasteiger partial charge in [-0.15, -0.1) is 0 Å². The minimum Gasteiger partial charge on any atom is -0.464 e. The van der Waals surface area contributed by atoms with E-state index in [1.165, 1.54) is 25.7 Å². The molecule has 5 heteroatoms. The van der Waals surface area contributed by atoms with Crippen LogP contribution in [0.1, 0.15) is 78.1 Å². The first-order chi connectivity index (χ1) is 11.6. The molecule has 1 aliphatic heterocycles. The molecule has 0 aromatic heterocycles. The van der Waals surface area contributed by atoms with Crippen molar-refractivity contribution in [1.82, 2.24) is 4.90 Å². The average molecular weight is 338 g/mol. The van der Waals surface area contributed by atoms with E-state index in [1.54, 1.807) is 11.8 Å². The second-order valence-corrected chi connectivity index (χ2v) is 7.48. The van der Waals surface area contributed by atoms with E-state index in [2.05, 4.69) is 6.92 Å². The van der Waals surface area contributed by atoms with Crippen LogP contribution in [0.3, 0.4) is 0 Å². The van der Waals surface area contributed by atoms with Crippen molar-refractivity contribution < 1.29 is 14.3 Å². The zero-order chi connectivity index (χ0) is 17.5. The van der Waals surface area contributed by atoms with E-state index in [0.717, 1.165) is 38.5 Å². The summed E-state index contributed by atoms with van der Waals surface area (Å²) in [5, 5.41) is 0. The molecule has 138 valence electrons. The lowest BCUT2D eigenvalue weighted by Crippen LogP contribution is -2.51. The quantitative estimate of drug-likeness (QED) is 0.518. The molecular weight excluding hydrogens is 304 g/mol. The Balaban J connectivity index is 1.80. The molecule has 4 atom stereocenters. The number of hydrogen-bond acceptors (Lipinski definition) is 4. The van der Waals surface area contributed by atoms with Gasteiger partial charge in [-0.25, -0.2) is 4.79 Å². The summed E-state index contributed by atoms with van der Waals surface area (Å²) in [6, 6.07) is -0.785. The molecule has 2 fully saturated rings. The highest BCUT2D eigenvalue weighted by Crippen LogP contribution is 2.41. The summed E-state index contributed by atoms with van der Waals surface area (Å²) >= 11 is 0. The summed E-state index contributed by atoms with van der Waals surface area (Å²) < 4.78 is 5.48. The number of ether oxygens (including phenoxy) is 1. The maximum absolute atomic E-state index is 12.5. The number of carbonyl (C=O) groups excluding carboxylic acids is 2. The van der Waals surface area contributed by atoms with Crippen LogP contribution in [0.15, 0.2) is 0 Å². The standard InChI is InChI=1S/C19H34N2O3/c1-3-4-5-6-7-8-12-24-19(23)17-13-15-10-9-11-16(15)21(17)18(22)14(2)20/h14-17H,3-13,20H2,1-2H3/t14-,15?,16?,17?/m0/s1. The summed E-state index contributed by atoms with van der Waals surface area (Å²) in [6.07, 6.45) is 11.0. The van der Waals surface area contributed by atoms with Gasteiger partial charge in [0.15, 0.2) is 0 Å². The van der Waals surface area contributed by atoms with Crippen molar-refractivity contribution in [2.45, 2.75) is 96.2 Å². The highest BCUT2D eigenvalue weighted by atomic mass is 16.5. The molecule has 1 amide bonds. The van der Waals surface area contributed by atoms with E-state index in [9.17, 15) is 9.59 Å². The summed E-state index contributed by atoms with van der Waals surface area (Å²) in [5.74, 6) is 0.108. The molecule has 2 aliphatic rings. The second-order valence-electron chi connectivity index (χ2n) is 7.48. The van der Waals surface area contributed by atoms with Gasteiger partial charge in [0.1, 0.15) is 6.04 Å². The first kappa shape index (κ1) is 19.2. The first-order valence-corrected chi connectivity index (χ1v) is 9.80. The monoisotopic (exact) mass is 338 g/mol. The van der Waals surface area contributed by atoms with Crippen LogP contribution in [-0.4, -0.2) is 41.5 Å². The van der Waals surface area contributed by atoms with Crippen molar-refractivity contribution in [2.75, 3.05) is 6.61 Å². The van der Waals surface area contributed by atoms with Gasteiger partial charge < -0.3 is 15.4 Å². The Morgan fingerprint density at radius 2 is 1.88 bits per heavy atom. The zero-order valence-corrected chi connectivity index (χ0v) is 15.3. The van der Waals surface area contributed by atoms with Gasteiger partial charge in [0, 0.05) is 6.04 Å². The molecule has 0 bridgehead atoms. The molecule has 2 N–H and O–H groups in total. The molecule has 3 unspecified atom stereocenters. The number of hydrogen-bond donors (Lipinski definition) is 1. The van der Waals surface area contributed by atoms with Crippen LogP contribution in [-0.2, 0) is 14.3 Å². The van der Waals surface area contributed by atoms with Crippen molar-refractivity contribution in [3.63, 3.8) is 0 Å². The number of unbranched alkanes of at least 4 members (excludes halogenated alkanes) is 5. The van der Waals surface area contributed by atoms with Crippen LogP contribution in [0.5, 0.6) is 0 Å². The van der Waals surface area contributed by atoms with Crippen LogP contribution in [0.4, 0.5) is 0 Å².